The monoisotopic (exact) mass is 440 g/mol. The SMILES string of the molecule is C=CCn1c(COc2ccccc2F)nnc1SCC(=O)Nc1c(C)cc(C)cc1C. The van der Waals surface area contributed by atoms with Gasteiger partial charge in [-0.1, -0.05) is 47.7 Å². The fourth-order valence-electron chi connectivity index (χ4n) is 3.23. The summed E-state index contributed by atoms with van der Waals surface area (Å²) in [6.45, 7) is 10.2. The quantitative estimate of drug-likeness (QED) is 0.381. The van der Waals surface area contributed by atoms with Gasteiger partial charge in [0.2, 0.25) is 5.91 Å². The first-order valence-electron chi connectivity index (χ1n) is 9.80. The van der Waals surface area contributed by atoms with Crippen molar-refractivity contribution in [1.29, 1.82) is 0 Å². The van der Waals surface area contributed by atoms with Crippen LogP contribution < -0.4 is 10.1 Å². The number of carbonyl (C=O) groups is 1. The molecule has 3 rings (SSSR count). The fraction of sp³-hybridized carbons (Fsp3) is 0.261. The van der Waals surface area contributed by atoms with Crippen LogP contribution in [-0.4, -0.2) is 26.4 Å². The molecule has 1 amide bonds. The molecule has 162 valence electrons. The lowest BCUT2D eigenvalue weighted by Gasteiger charge is -2.13. The number of halogens is 1. The Kier molecular flexibility index (Phi) is 7.46. The summed E-state index contributed by atoms with van der Waals surface area (Å²) in [4.78, 5) is 12.5. The van der Waals surface area contributed by atoms with Gasteiger partial charge in [-0.15, -0.1) is 16.8 Å². The third-order valence-electron chi connectivity index (χ3n) is 4.57. The predicted octanol–water partition coefficient (Wildman–Crippen LogP) is 4.84. The van der Waals surface area contributed by atoms with E-state index < -0.39 is 5.82 Å². The second-order valence-corrected chi connectivity index (χ2v) is 8.07. The molecule has 1 aromatic heterocycles. The number of thioether (sulfide) groups is 1. The Hall–Kier alpha value is -3.13. The molecule has 0 radical (unpaired) electrons. The number of benzene rings is 2. The van der Waals surface area contributed by atoms with Gasteiger partial charge in [-0.3, -0.25) is 9.36 Å². The van der Waals surface area contributed by atoms with Crippen LogP contribution in [0.2, 0.25) is 0 Å². The largest absolute Gasteiger partial charge is 0.483 e. The molecule has 0 fully saturated rings. The van der Waals surface area contributed by atoms with Crippen molar-refractivity contribution in [1.82, 2.24) is 14.8 Å². The Morgan fingerprint density at radius 2 is 1.94 bits per heavy atom. The van der Waals surface area contributed by atoms with Gasteiger partial charge >= 0.3 is 0 Å². The number of para-hydroxylation sites is 1. The summed E-state index contributed by atoms with van der Waals surface area (Å²) < 4.78 is 21.1. The summed E-state index contributed by atoms with van der Waals surface area (Å²) in [5, 5.41) is 11.9. The van der Waals surface area contributed by atoms with E-state index in [0.29, 0.717) is 17.5 Å². The maximum atomic E-state index is 13.8. The van der Waals surface area contributed by atoms with Gasteiger partial charge in [-0.25, -0.2) is 4.39 Å². The van der Waals surface area contributed by atoms with Gasteiger partial charge in [0, 0.05) is 12.2 Å². The van der Waals surface area contributed by atoms with Crippen molar-refractivity contribution >= 4 is 23.4 Å². The van der Waals surface area contributed by atoms with Crippen molar-refractivity contribution < 1.29 is 13.9 Å². The van der Waals surface area contributed by atoms with Gasteiger partial charge in [0.05, 0.1) is 5.75 Å². The number of nitrogens with zero attached hydrogens (tertiary/aromatic N) is 3. The molecular formula is C23H25FN4O2S. The topological polar surface area (TPSA) is 69.0 Å². The van der Waals surface area contributed by atoms with Crippen molar-refractivity contribution in [2.45, 2.75) is 39.1 Å². The highest BCUT2D eigenvalue weighted by molar-refractivity contribution is 7.99. The van der Waals surface area contributed by atoms with Gasteiger partial charge in [-0.05, 0) is 44.0 Å². The Balaban J connectivity index is 1.65. The van der Waals surface area contributed by atoms with Crippen molar-refractivity contribution in [3.63, 3.8) is 0 Å². The number of allylic oxidation sites excluding steroid dienone is 1. The Labute approximate surface area is 185 Å². The molecule has 8 heteroatoms. The van der Waals surface area contributed by atoms with Crippen LogP contribution >= 0.6 is 11.8 Å². The highest BCUT2D eigenvalue weighted by Gasteiger charge is 2.16. The predicted molar refractivity (Wildman–Crippen MR) is 121 cm³/mol. The van der Waals surface area contributed by atoms with Crippen LogP contribution in [-0.2, 0) is 17.9 Å². The molecule has 0 aliphatic carbocycles. The summed E-state index contributed by atoms with van der Waals surface area (Å²) in [7, 11) is 0. The van der Waals surface area contributed by atoms with Gasteiger partial charge < -0.3 is 10.1 Å². The number of carbonyl (C=O) groups excluding carboxylic acids is 1. The zero-order chi connectivity index (χ0) is 22.4. The van der Waals surface area contributed by atoms with E-state index in [4.69, 9.17) is 4.74 Å². The number of nitrogens with one attached hydrogen (secondary N) is 1. The molecule has 0 bridgehead atoms. The standard InChI is InChI=1S/C23H25FN4O2S/c1-5-10-28-20(13-30-19-9-7-6-8-18(19)24)26-27-23(28)31-14-21(29)25-22-16(3)11-15(2)12-17(22)4/h5-9,11-12H,1,10,13-14H2,2-4H3,(H,25,29). The maximum Gasteiger partial charge on any atom is 0.234 e. The molecule has 3 aromatic rings. The number of hydrogen-bond donors (Lipinski definition) is 1. The third-order valence-corrected chi connectivity index (χ3v) is 5.54. The van der Waals surface area contributed by atoms with Crippen LogP contribution in [0.4, 0.5) is 10.1 Å². The minimum atomic E-state index is -0.440. The first-order chi connectivity index (χ1) is 14.9. The van der Waals surface area contributed by atoms with E-state index >= 15 is 0 Å². The number of aryl methyl sites for hydroxylation is 3. The second-order valence-electron chi connectivity index (χ2n) is 7.13. The summed E-state index contributed by atoms with van der Waals surface area (Å²) in [5.74, 6) is 0.280. The first-order valence-corrected chi connectivity index (χ1v) is 10.8. The van der Waals surface area contributed by atoms with E-state index in [-0.39, 0.29) is 24.0 Å². The second kappa shape index (κ2) is 10.3. The molecule has 31 heavy (non-hydrogen) atoms. The van der Waals surface area contributed by atoms with E-state index in [0.717, 1.165) is 22.4 Å². The zero-order valence-corrected chi connectivity index (χ0v) is 18.6. The molecule has 2 aromatic carbocycles. The lowest BCUT2D eigenvalue weighted by atomic mass is 10.1. The molecule has 1 N–H and O–H groups in total. The minimum Gasteiger partial charge on any atom is -0.483 e. The van der Waals surface area contributed by atoms with Gasteiger partial charge in [0.25, 0.3) is 0 Å². The van der Waals surface area contributed by atoms with E-state index in [1.54, 1.807) is 28.8 Å². The number of hydrogen-bond acceptors (Lipinski definition) is 5. The molecule has 0 saturated carbocycles. The Morgan fingerprint density at radius 3 is 2.61 bits per heavy atom. The summed E-state index contributed by atoms with van der Waals surface area (Å²) in [6.07, 6.45) is 1.71. The first kappa shape index (κ1) is 22.6. The Bertz CT molecular complexity index is 1070. The maximum absolute atomic E-state index is 13.8. The molecule has 6 nitrogen and oxygen atoms in total. The zero-order valence-electron chi connectivity index (χ0n) is 17.8. The molecule has 0 saturated heterocycles. The van der Waals surface area contributed by atoms with Crippen LogP contribution in [0.25, 0.3) is 0 Å². The van der Waals surface area contributed by atoms with E-state index in [9.17, 15) is 9.18 Å². The number of amides is 1. The number of rotatable bonds is 9. The van der Waals surface area contributed by atoms with E-state index in [2.05, 4.69) is 22.1 Å². The van der Waals surface area contributed by atoms with Crippen LogP contribution in [0.1, 0.15) is 22.5 Å². The van der Waals surface area contributed by atoms with Gasteiger partial charge in [0.1, 0.15) is 6.61 Å². The van der Waals surface area contributed by atoms with Crippen LogP contribution in [0.3, 0.4) is 0 Å². The molecule has 0 atom stereocenters. The van der Waals surface area contributed by atoms with Crippen LogP contribution in [0.15, 0.2) is 54.2 Å². The number of ether oxygens (including phenoxy) is 1. The molecule has 1 heterocycles. The van der Waals surface area contributed by atoms with Crippen molar-refractivity contribution in [3.8, 4) is 5.75 Å². The van der Waals surface area contributed by atoms with Gasteiger partial charge in [0.15, 0.2) is 22.5 Å². The Morgan fingerprint density at radius 1 is 1.23 bits per heavy atom. The molecule has 0 unspecified atom stereocenters. The van der Waals surface area contributed by atoms with Crippen molar-refractivity contribution in [2.24, 2.45) is 0 Å². The van der Waals surface area contributed by atoms with Crippen molar-refractivity contribution in [2.75, 3.05) is 11.1 Å². The van der Waals surface area contributed by atoms with Gasteiger partial charge in [-0.2, -0.15) is 0 Å². The van der Waals surface area contributed by atoms with Crippen LogP contribution in [0, 0.1) is 26.6 Å². The van der Waals surface area contributed by atoms with Crippen LogP contribution in [0.5, 0.6) is 5.75 Å². The van der Waals surface area contributed by atoms with E-state index in [1.807, 2.05) is 32.9 Å². The molecule has 0 spiro atoms. The number of anilines is 1. The average Bonchev–Trinajstić information content (AvgIpc) is 3.10. The average molecular weight is 441 g/mol. The highest BCUT2D eigenvalue weighted by atomic mass is 32.2. The molecular weight excluding hydrogens is 415 g/mol. The number of aromatic nitrogens is 3. The third kappa shape index (κ3) is 5.73. The fourth-order valence-corrected chi connectivity index (χ4v) is 4.00. The van der Waals surface area contributed by atoms with E-state index in [1.165, 1.54) is 17.8 Å². The highest BCUT2D eigenvalue weighted by Crippen LogP contribution is 2.24. The molecule has 0 aliphatic heterocycles. The lowest BCUT2D eigenvalue weighted by Crippen LogP contribution is -2.16. The molecule has 0 aliphatic rings. The summed E-state index contributed by atoms with van der Waals surface area (Å²) in [5.41, 5.74) is 4.05. The summed E-state index contributed by atoms with van der Waals surface area (Å²) in [6, 6.07) is 10.3. The summed E-state index contributed by atoms with van der Waals surface area (Å²) >= 11 is 1.27. The lowest BCUT2D eigenvalue weighted by molar-refractivity contribution is -0.113. The van der Waals surface area contributed by atoms with Crippen molar-refractivity contribution in [3.05, 3.63) is 77.4 Å². The minimum absolute atomic E-state index is 0.0519. The normalized spacial score (nSPS) is 10.7. The smallest absolute Gasteiger partial charge is 0.234 e.